The summed E-state index contributed by atoms with van der Waals surface area (Å²) in [6.07, 6.45) is 1.74. The fraction of sp³-hybridized carbons (Fsp3) is 0.143. The molecule has 31 heavy (non-hydrogen) atoms. The van der Waals surface area contributed by atoms with Crippen molar-refractivity contribution in [3.8, 4) is 5.75 Å². The van der Waals surface area contributed by atoms with Crippen molar-refractivity contribution < 1.29 is 18.7 Å². The summed E-state index contributed by atoms with van der Waals surface area (Å²) in [5, 5.41) is 3.25. The van der Waals surface area contributed by atoms with Crippen molar-refractivity contribution in [2.45, 2.75) is 6.42 Å². The SMILES string of the molecule is COc1ccc2nc(NC(=O)CCN3C(=O)/C(=C/c4ccc(F)cc4)SC3=S)sc2c1. The van der Waals surface area contributed by atoms with Gasteiger partial charge in [0.2, 0.25) is 5.91 Å². The molecule has 2 amide bonds. The topological polar surface area (TPSA) is 71.5 Å². The summed E-state index contributed by atoms with van der Waals surface area (Å²) < 4.78 is 19.5. The zero-order valence-corrected chi connectivity index (χ0v) is 18.7. The first-order valence-electron chi connectivity index (χ1n) is 9.18. The van der Waals surface area contributed by atoms with Gasteiger partial charge in [0.1, 0.15) is 15.9 Å². The second-order valence-electron chi connectivity index (χ2n) is 6.54. The number of carbonyl (C=O) groups excluding carboxylic acids is 2. The molecule has 6 nitrogen and oxygen atoms in total. The Morgan fingerprint density at radius 2 is 2.06 bits per heavy atom. The molecule has 4 rings (SSSR count). The second-order valence-corrected chi connectivity index (χ2v) is 9.24. The molecule has 0 saturated carbocycles. The van der Waals surface area contributed by atoms with Crippen LogP contribution < -0.4 is 10.1 Å². The van der Waals surface area contributed by atoms with Gasteiger partial charge in [0, 0.05) is 13.0 Å². The van der Waals surface area contributed by atoms with E-state index in [1.54, 1.807) is 25.3 Å². The Morgan fingerprint density at radius 1 is 1.29 bits per heavy atom. The van der Waals surface area contributed by atoms with Gasteiger partial charge in [-0.3, -0.25) is 14.5 Å². The Bertz CT molecular complexity index is 1210. The Hall–Kier alpha value is -2.82. The van der Waals surface area contributed by atoms with Gasteiger partial charge in [-0.25, -0.2) is 9.37 Å². The van der Waals surface area contributed by atoms with Crippen molar-refractivity contribution in [3.05, 3.63) is 58.8 Å². The van der Waals surface area contributed by atoms with Gasteiger partial charge < -0.3 is 10.1 Å². The van der Waals surface area contributed by atoms with Crippen molar-refractivity contribution in [2.75, 3.05) is 19.0 Å². The monoisotopic (exact) mass is 473 g/mol. The summed E-state index contributed by atoms with van der Waals surface area (Å²) in [4.78, 5) is 31.3. The Kier molecular flexibility index (Phi) is 6.30. The summed E-state index contributed by atoms with van der Waals surface area (Å²) >= 11 is 7.81. The van der Waals surface area contributed by atoms with Crippen LogP contribution in [0.5, 0.6) is 5.75 Å². The number of hydrogen-bond acceptors (Lipinski definition) is 7. The Labute approximate surface area is 191 Å². The molecule has 0 unspecified atom stereocenters. The Morgan fingerprint density at radius 3 is 2.81 bits per heavy atom. The number of benzene rings is 2. The minimum absolute atomic E-state index is 0.0789. The molecule has 10 heteroatoms. The van der Waals surface area contributed by atoms with E-state index in [4.69, 9.17) is 17.0 Å². The number of methoxy groups -OCH3 is 1. The van der Waals surface area contributed by atoms with Crippen LogP contribution in [0.1, 0.15) is 12.0 Å². The summed E-state index contributed by atoms with van der Waals surface area (Å²) in [7, 11) is 1.59. The van der Waals surface area contributed by atoms with Crippen LogP contribution in [0, 0.1) is 5.82 Å². The number of rotatable bonds is 6. The average molecular weight is 474 g/mol. The number of fused-ring (bicyclic) bond motifs is 1. The van der Waals surface area contributed by atoms with E-state index in [0.29, 0.717) is 19.9 Å². The molecule has 0 aliphatic carbocycles. The van der Waals surface area contributed by atoms with E-state index in [1.165, 1.54) is 28.4 Å². The van der Waals surface area contributed by atoms with Crippen LogP contribution in [0.15, 0.2) is 47.4 Å². The van der Waals surface area contributed by atoms with Crippen molar-refractivity contribution in [2.24, 2.45) is 0 Å². The summed E-state index contributed by atoms with van der Waals surface area (Å²) in [5.41, 5.74) is 1.47. The van der Waals surface area contributed by atoms with Crippen LogP contribution in [0.2, 0.25) is 0 Å². The lowest BCUT2D eigenvalue weighted by Crippen LogP contribution is -2.31. The highest BCUT2D eigenvalue weighted by Crippen LogP contribution is 2.33. The number of carbonyl (C=O) groups is 2. The molecule has 0 radical (unpaired) electrons. The van der Waals surface area contributed by atoms with Crippen LogP contribution in [0.4, 0.5) is 9.52 Å². The number of thioether (sulfide) groups is 1. The van der Waals surface area contributed by atoms with E-state index >= 15 is 0 Å². The highest BCUT2D eigenvalue weighted by Gasteiger charge is 2.32. The highest BCUT2D eigenvalue weighted by molar-refractivity contribution is 8.26. The number of hydrogen-bond donors (Lipinski definition) is 1. The highest BCUT2D eigenvalue weighted by atomic mass is 32.2. The fourth-order valence-electron chi connectivity index (χ4n) is 2.88. The average Bonchev–Trinajstić information content (AvgIpc) is 3.27. The minimum Gasteiger partial charge on any atom is -0.497 e. The minimum atomic E-state index is -0.344. The Balaban J connectivity index is 1.37. The third-order valence-corrected chi connectivity index (χ3v) is 6.76. The number of ether oxygens (including phenoxy) is 1. The molecular formula is C21H16FN3O3S3. The van der Waals surface area contributed by atoms with E-state index in [2.05, 4.69) is 10.3 Å². The number of anilines is 1. The maximum atomic E-state index is 13.1. The van der Waals surface area contributed by atoms with E-state index in [9.17, 15) is 14.0 Å². The number of thiazole rings is 1. The van der Waals surface area contributed by atoms with Gasteiger partial charge in [-0.2, -0.15) is 0 Å². The molecule has 1 aromatic heterocycles. The summed E-state index contributed by atoms with van der Waals surface area (Å²) in [5.74, 6) is -0.151. The lowest BCUT2D eigenvalue weighted by Gasteiger charge is -2.13. The zero-order chi connectivity index (χ0) is 22.0. The molecule has 3 aromatic rings. The number of nitrogens with zero attached hydrogens (tertiary/aromatic N) is 2. The fourth-order valence-corrected chi connectivity index (χ4v) is 5.10. The second kappa shape index (κ2) is 9.13. The number of thiocarbonyl (C=S) groups is 1. The molecule has 1 aliphatic heterocycles. The largest absolute Gasteiger partial charge is 0.497 e. The first-order chi connectivity index (χ1) is 14.9. The van der Waals surface area contributed by atoms with Gasteiger partial charge in [0.15, 0.2) is 5.13 Å². The van der Waals surface area contributed by atoms with E-state index in [-0.39, 0.29) is 30.6 Å². The van der Waals surface area contributed by atoms with Crippen molar-refractivity contribution in [1.29, 1.82) is 0 Å². The molecule has 158 valence electrons. The molecule has 2 heterocycles. The normalized spacial score (nSPS) is 15.2. The summed E-state index contributed by atoms with van der Waals surface area (Å²) in [6.45, 7) is 0.163. The van der Waals surface area contributed by atoms with Crippen LogP contribution in [0.25, 0.3) is 16.3 Å². The van der Waals surface area contributed by atoms with E-state index < -0.39 is 0 Å². The molecule has 1 fully saturated rings. The summed E-state index contributed by atoms with van der Waals surface area (Å²) in [6, 6.07) is 11.3. The quantitative estimate of drug-likeness (QED) is 0.414. The van der Waals surface area contributed by atoms with Gasteiger partial charge >= 0.3 is 0 Å². The predicted molar refractivity (Wildman–Crippen MR) is 126 cm³/mol. The number of nitrogens with one attached hydrogen (secondary N) is 1. The first-order valence-corrected chi connectivity index (χ1v) is 11.2. The van der Waals surface area contributed by atoms with Gasteiger partial charge in [0.05, 0.1) is 22.2 Å². The van der Waals surface area contributed by atoms with Gasteiger partial charge in [0.25, 0.3) is 5.91 Å². The van der Waals surface area contributed by atoms with Crippen molar-refractivity contribution in [3.63, 3.8) is 0 Å². The number of aromatic nitrogens is 1. The van der Waals surface area contributed by atoms with E-state index in [0.717, 1.165) is 27.7 Å². The molecule has 0 atom stereocenters. The van der Waals surface area contributed by atoms with Gasteiger partial charge in [-0.05, 0) is 42.0 Å². The number of amides is 2. The van der Waals surface area contributed by atoms with Crippen LogP contribution in [-0.2, 0) is 9.59 Å². The molecule has 2 aromatic carbocycles. The maximum absolute atomic E-state index is 13.1. The van der Waals surface area contributed by atoms with Crippen LogP contribution in [-0.4, -0.2) is 39.7 Å². The third kappa shape index (κ3) is 4.92. The smallest absolute Gasteiger partial charge is 0.266 e. The van der Waals surface area contributed by atoms with Gasteiger partial charge in [-0.1, -0.05) is 47.4 Å². The molecule has 1 aliphatic rings. The van der Waals surface area contributed by atoms with E-state index in [1.807, 2.05) is 18.2 Å². The molecule has 0 bridgehead atoms. The van der Waals surface area contributed by atoms with Crippen LogP contribution >= 0.6 is 35.3 Å². The number of halogens is 1. The molecule has 1 N–H and O–H groups in total. The molecule has 1 saturated heterocycles. The van der Waals surface area contributed by atoms with Crippen molar-refractivity contribution in [1.82, 2.24) is 9.88 Å². The lowest BCUT2D eigenvalue weighted by atomic mass is 10.2. The zero-order valence-electron chi connectivity index (χ0n) is 16.3. The third-order valence-electron chi connectivity index (χ3n) is 4.45. The first kappa shape index (κ1) is 21.4. The predicted octanol–water partition coefficient (Wildman–Crippen LogP) is 4.67. The lowest BCUT2D eigenvalue weighted by molar-refractivity contribution is -0.122. The maximum Gasteiger partial charge on any atom is 0.266 e. The molecule has 0 spiro atoms. The standard InChI is InChI=1S/C21H16FN3O3S3/c1-28-14-6-7-15-16(11-14)30-20(23-15)24-18(26)8-9-25-19(27)17(31-21(25)29)10-12-2-4-13(22)5-3-12/h2-7,10-11H,8-9H2,1H3,(H,23,24,26)/b17-10-. The van der Waals surface area contributed by atoms with Crippen molar-refractivity contribution >= 4 is 72.9 Å². The molecular weight excluding hydrogens is 457 g/mol. The van der Waals surface area contributed by atoms with Crippen LogP contribution in [0.3, 0.4) is 0 Å². The van der Waals surface area contributed by atoms with Gasteiger partial charge in [-0.15, -0.1) is 0 Å².